The first-order valence-corrected chi connectivity index (χ1v) is 8.68. The normalized spacial score (nSPS) is 13.0. The summed E-state index contributed by atoms with van der Waals surface area (Å²) in [5, 5.41) is 21.0. The number of anilines is 2. The van der Waals surface area contributed by atoms with E-state index in [1.54, 1.807) is 24.4 Å². The van der Waals surface area contributed by atoms with E-state index in [1.165, 1.54) is 10.9 Å². The summed E-state index contributed by atoms with van der Waals surface area (Å²) in [6.07, 6.45) is 5.51. The molecule has 3 amide bonds. The number of hydrogen-bond donors (Lipinski definition) is 4. The average Bonchev–Trinajstić information content (AvgIpc) is 3.31. The average molecular weight is 371 g/mol. The number of carboxylic acids is 1. The molecular weight excluding hydrogens is 350 g/mol. The Morgan fingerprint density at radius 1 is 1.19 bits per heavy atom. The summed E-state index contributed by atoms with van der Waals surface area (Å²) in [5.74, 6) is -0.969. The van der Waals surface area contributed by atoms with E-state index >= 15 is 0 Å². The molecule has 0 bridgehead atoms. The number of aromatic nitrogens is 2. The van der Waals surface area contributed by atoms with Crippen LogP contribution in [0.25, 0.3) is 0 Å². The van der Waals surface area contributed by atoms with Crippen molar-refractivity contribution in [3.8, 4) is 0 Å². The number of nitrogens with zero attached hydrogens (tertiary/aromatic N) is 2. The minimum Gasteiger partial charge on any atom is -0.481 e. The van der Waals surface area contributed by atoms with Gasteiger partial charge in [-0.25, -0.2) is 4.79 Å². The molecule has 1 fully saturated rings. The molecule has 1 aromatic heterocycles. The van der Waals surface area contributed by atoms with Crippen LogP contribution in [-0.2, 0) is 22.6 Å². The number of hydrogen-bond acceptors (Lipinski definition) is 4. The second-order valence-electron chi connectivity index (χ2n) is 6.44. The molecule has 0 saturated heterocycles. The van der Waals surface area contributed by atoms with E-state index in [0.717, 1.165) is 18.4 Å². The largest absolute Gasteiger partial charge is 0.481 e. The molecule has 2 aromatic rings. The highest BCUT2D eigenvalue weighted by Gasteiger charge is 2.23. The van der Waals surface area contributed by atoms with Crippen LogP contribution >= 0.6 is 0 Å². The van der Waals surface area contributed by atoms with Crippen molar-refractivity contribution in [2.75, 3.05) is 10.6 Å². The Kier molecular flexibility index (Phi) is 5.70. The summed E-state index contributed by atoms with van der Waals surface area (Å²) in [5.41, 5.74) is 1.85. The van der Waals surface area contributed by atoms with Crippen LogP contribution in [0.1, 0.15) is 24.8 Å². The van der Waals surface area contributed by atoms with Crippen molar-refractivity contribution < 1.29 is 19.5 Å². The molecule has 0 atom stereocenters. The number of carbonyl (C=O) groups excluding carboxylic acids is 2. The van der Waals surface area contributed by atoms with Gasteiger partial charge in [0.2, 0.25) is 5.91 Å². The topological polar surface area (TPSA) is 125 Å². The van der Waals surface area contributed by atoms with Crippen LogP contribution in [0.5, 0.6) is 0 Å². The molecule has 4 N–H and O–H groups in total. The fraction of sp³-hybridized carbons (Fsp3) is 0.333. The first-order valence-electron chi connectivity index (χ1n) is 8.68. The SMILES string of the molecule is O=C(O)CCc1cccc(NC(=O)Nc2cnn(CC(=O)NC3CC3)c2)c1. The van der Waals surface area contributed by atoms with Crippen LogP contribution in [0.15, 0.2) is 36.7 Å². The van der Waals surface area contributed by atoms with Crippen molar-refractivity contribution in [1.82, 2.24) is 15.1 Å². The number of carbonyl (C=O) groups is 3. The number of benzene rings is 1. The van der Waals surface area contributed by atoms with E-state index < -0.39 is 12.0 Å². The van der Waals surface area contributed by atoms with Crippen LogP contribution in [-0.4, -0.2) is 38.8 Å². The van der Waals surface area contributed by atoms with Crippen LogP contribution in [0, 0.1) is 0 Å². The number of aliphatic carboxylic acids is 1. The first-order chi connectivity index (χ1) is 13.0. The summed E-state index contributed by atoms with van der Waals surface area (Å²) >= 11 is 0. The zero-order valence-corrected chi connectivity index (χ0v) is 14.6. The van der Waals surface area contributed by atoms with Crippen molar-refractivity contribution >= 4 is 29.3 Å². The number of rotatable bonds is 8. The highest BCUT2D eigenvalue weighted by molar-refractivity contribution is 5.99. The number of aryl methyl sites for hydroxylation is 1. The standard InChI is InChI=1S/C18H21N5O4/c24-16(20-13-5-6-13)11-23-10-15(9-19-23)22-18(27)21-14-3-1-2-12(8-14)4-7-17(25)26/h1-3,8-10,13H,4-7,11H2,(H,20,24)(H,25,26)(H2,21,22,27). The number of nitrogens with one attached hydrogen (secondary N) is 3. The van der Waals surface area contributed by atoms with E-state index in [2.05, 4.69) is 21.0 Å². The van der Waals surface area contributed by atoms with Gasteiger partial charge in [0.05, 0.1) is 11.9 Å². The first kappa shape index (κ1) is 18.4. The highest BCUT2D eigenvalue weighted by Crippen LogP contribution is 2.18. The van der Waals surface area contributed by atoms with Gasteiger partial charge >= 0.3 is 12.0 Å². The van der Waals surface area contributed by atoms with Gasteiger partial charge in [0, 0.05) is 24.3 Å². The van der Waals surface area contributed by atoms with Crippen molar-refractivity contribution in [2.24, 2.45) is 0 Å². The maximum absolute atomic E-state index is 12.1. The second kappa shape index (κ2) is 8.35. The highest BCUT2D eigenvalue weighted by atomic mass is 16.4. The monoisotopic (exact) mass is 371 g/mol. The lowest BCUT2D eigenvalue weighted by molar-refractivity contribution is -0.137. The van der Waals surface area contributed by atoms with Crippen LogP contribution < -0.4 is 16.0 Å². The van der Waals surface area contributed by atoms with E-state index in [9.17, 15) is 14.4 Å². The van der Waals surface area contributed by atoms with Gasteiger partial charge in [-0.1, -0.05) is 12.1 Å². The Labute approximate surface area is 155 Å². The van der Waals surface area contributed by atoms with Crippen LogP contribution in [0.2, 0.25) is 0 Å². The van der Waals surface area contributed by atoms with E-state index in [1.807, 2.05) is 6.07 Å². The maximum atomic E-state index is 12.1. The molecule has 1 aliphatic rings. The predicted molar refractivity (Wildman–Crippen MR) is 98.4 cm³/mol. The van der Waals surface area contributed by atoms with Crippen molar-refractivity contribution in [1.29, 1.82) is 0 Å². The Balaban J connectivity index is 1.49. The van der Waals surface area contributed by atoms with Gasteiger partial charge in [0.15, 0.2) is 0 Å². The molecule has 0 aliphatic heterocycles. The van der Waals surface area contributed by atoms with Crippen molar-refractivity contribution in [3.63, 3.8) is 0 Å². The van der Waals surface area contributed by atoms with Gasteiger partial charge in [-0.2, -0.15) is 5.10 Å². The summed E-state index contributed by atoms with van der Waals surface area (Å²) in [4.78, 5) is 34.5. The zero-order chi connectivity index (χ0) is 19.2. The molecule has 1 aliphatic carbocycles. The van der Waals surface area contributed by atoms with Gasteiger partial charge < -0.3 is 21.1 Å². The third-order valence-electron chi connectivity index (χ3n) is 3.95. The lowest BCUT2D eigenvalue weighted by Gasteiger charge is -2.07. The number of urea groups is 1. The van der Waals surface area contributed by atoms with Gasteiger partial charge in [-0.15, -0.1) is 0 Å². The van der Waals surface area contributed by atoms with Gasteiger partial charge in [-0.05, 0) is 37.0 Å². The van der Waals surface area contributed by atoms with Crippen LogP contribution in [0.3, 0.4) is 0 Å². The Bertz CT molecular complexity index is 844. The summed E-state index contributed by atoms with van der Waals surface area (Å²) < 4.78 is 1.46. The molecule has 1 aromatic carbocycles. The second-order valence-corrected chi connectivity index (χ2v) is 6.44. The Hall–Kier alpha value is -3.36. The molecular formula is C18H21N5O4. The molecule has 1 heterocycles. The summed E-state index contributed by atoms with van der Waals surface area (Å²) in [7, 11) is 0. The van der Waals surface area contributed by atoms with Crippen molar-refractivity contribution in [2.45, 2.75) is 38.3 Å². The summed E-state index contributed by atoms with van der Waals surface area (Å²) in [6, 6.07) is 6.85. The smallest absolute Gasteiger partial charge is 0.323 e. The lowest BCUT2D eigenvalue weighted by Crippen LogP contribution is -2.29. The molecule has 3 rings (SSSR count). The minimum absolute atomic E-state index is 0.0309. The van der Waals surface area contributed by atoms with E-state index in [0.29, 0.717) is 23.8 Å². The number of carboxylic acid groups (broad SMARTS) is 1. The molecule has 0 spiro atoms. The maximum Gasteiger partial charge on any atom is 0.323 e. The quantitative estimate of drug-likeness (QED) is 0.563. The van der Waals surface area contributed by atoms with Crippen molar-refractivity contribution in [3.05, 3.63) is 42.2 Å². The Morgan fingerprint density at radius 3 is 2.70 bits per heavy atom. The molecule has 27 heavy (non-hydrogen) atoms. The van der Waals surface area contributed by atoms with E-state index in [4.69, 9.17) is 5.11 Å². The van der Waals surface area contributed by atoms with Gasteiger partial charge in [-0.3, -0.25) is 14.3 Å². The fourth-order valence-electron chi connectivity index (χ4n) is 2.51. The molecule has 9 heteroatoms. The molecule has 9 nitrogen and oxygen atoms in total. The predicted octanol–water partition coefficient (Wildman–Crippen LogP) is 1.82. The summed E-state index contributed by atoms with van der Waals surface area (Å²) in [6.45, 7) is 0.103. The third-order valence-corrected chi connectivity index (χ3v) is 3.95. The Morgan fingerprint density at radius 2 is 1.96 bits per heavy atom. The molecule has 0 unspecified atom stereocenters. The molecule has 1 saturated carbocycles. The van der Waals surface area contributed by atoms with Gasteiger partial charge in [0.1, 0.15) is 6.54 Å². The van der Waals surface area contributed by atoms with Gasteiger partial charge in [0.25, 0.3) is 0 Å². The lowest BCUT2D eigenvalue weighted by atomic mass is 10.1. The minimum atomic E-state index is -0.867. The zero-order valence-electron chi connectivity index (χ0n) is 14.6. The number of amides is 3. The fourth-order valence-corrected chi connectivity index (χ4v) is 2.51. The molecule has 0 radical (unpaired) electrons. The van der Waals surface area contributed by atoms with E-state index in [-0.39, 0.29) is 18.9 Å². The molecule has 142 valence electrons. The van der Waals surface area contributed by atoms with Crippen LogP contribution in [0.4, 0.5) is 16.2 Å². The third kappa shape index (κ3) is 6.14.